The Morgan fingerprint density at radius 3 is 2.88 bits per heavy atom. The van der Waals surface area contributed by atoms with Crippen molar-refractivity contribution in [1.29, 1.82) is 0 Å². The van der Waals surface area contributed by atoms with Gasteiger partial charge in [0.1, 0.15) is 10.8 Å². The Hall–Kier alpha value is -2.54. The normalized spacial score (nSPS) is 13.8. The van der Waals surface area contributed by atoms with Crippen molar-refractivity contribution < 1.29 is 4.79 Å². The Morgan fingerprint density at radius 1 is 1.33 bits per heavy atom. The quantitative estimate of drug-likeness (QED) is 0.791. The highest BCUT2D eigenvalue weighted by atomic mass is 35.5. The molecule has 1 aliphatic heterocycles. The number of aromatic nitrogens is 2. The summed E-state index contributed by atoms with van der Waals surface area (Å²) < 4.78 is 0. The number of nitrogen functional groups attached to an aromatic ring is 1. The standard InChI is InChI=1S/C16H19ClN6O/c17-13-10-19-15(22-14(13)18)21-12-5-3-4-11(8-12)9-20-16(24)23-6-1-2-7-23/h3-5,8,10H,1-2,6-7,9H2,(H,20,24)(H3,18,19,21,22). The first-order chi connectivity index (χ1) is 11.6. The number of benzene rings is 1. The summed E-state index contributed by atoms with van der Waals surface area (Å²) in [6.07, 6.45) is 3.61. The number of urea groups is 1. The van der Waals surface area contributed by atoms with Gasteiger partial charge in [-0.25, -0.2) is 9.78 Å². The van der Waals surface area contributed by atoms with Gasteiger partial charge in [0.25, 0.3) is 0 Å². The van der Waals surface area contributed by atoms with Crippen molar-refractivity contribution in [2.75, 3.05) is 24.1 Å². The lowest BCUT2D eigenvalue weighted by Gasteiger charge is -2.16. The van der Waals surface area contributed by atoms with Crippen LogP contribution in [0.2, 0.25) is 5.02 Å². The SMILES string of the molecule is Nc1nc(Nc2cccc(CNC(=O)N3CCCC3)c2)ncc1Cl. The van der Waals surface area contributed by atoms with Crippen LogP contribution in [0, 0.1) is 0 Å². The lowest BCUT2D eigenvalue weighted by Crippen LogP contribution is -2.37. The number of rotatable bonds is 4. The summed E-state index contributed by atoms with van der Waals surface area (Å²) in [4.78, 5) is 22.0. The summed E-state index contributed by atoms with van der Waals surface area (Å²) >= 11 is 5.81. The molecular weight excluding hydrogens is 328 g/mol. The molecule has 3 rings (SSSR count). The third-order valence-corrected chi connectivity index (χ3v) is 4.08. The monoisotopic (exact) mass is 346 g/mol. The second-order valence-electron chi connectivity index (χ2n) is 5.61. The van der Waals surface area contributed by atoms with Crippen LogP contribution in [-0.2, 0) is 6.54 Å². The summed E-state index contributed by atoms with van der Waals surface area (Å²) in [5, 5.41) is 6.33. The van der Waals surface area contributed by atoms with Gasteiger partial charge in [-0.05, 0) is 30.5 Å². The van der Waals surface area contributed by atoms with Gasteiger partial charge in [-0.2, -0.15) is 4.98 Å². The molecule has 126 valence electrons. The molecular formula is C16H19ClN6O. The highest BCUT2D eigenvalue weighted by Gasteiger charge is 2.17. The topological polar surface area (TPSA) is 96.2 Å². The fraction of sp³-hybridized carbons (Fsp3) is 0.312. The molecule has 7 nitrogen and oxygen atoms in total. The van der Waals surface area contributed by atoms with E-state index in [1.165, 1.54) is 6.20 Å². The Morgan fingerprint density at radius 2 is 2.12 bits per heavy atom. The van der Waals surface area contributed by atoms with Crippen LogP contribution in [0.25, 0.3) is 0 Å². The van der Waals surface area contributed by atoms with Gasteiger partial charge in [0.05, 0.1) is 6.20 Å². The summed E-state index contributed by atoms with van der Waals surface area (Å²) in [6.45, 7) is 2.14. The maximum absolute atomic E-state index is 12.0. The van der Waals surface area contributed by atoms with Gasteiger partial charge in [-0.3, -0.25) is 0 Å². The van der Waals surface area contributed by atoms with Crippen molar-refractivity contribution in [3.63, 3.8) is 0 Å². The highest BCUT2D eigenvalue weighted by molar-refractivity contribution is 6.32. The molecule has 4 N–H and O–H groups in total. The molecule has 2 aromatic rings. The molecule has 0 atom stereocenters. The van der Waals surface area contributed by atoms with Crippen molar-refractivity contribution >= 4 is 35.1 Å². The van der Waals surface area contributed by atoms with E-state index < -0.39 is 0 Å². The van der Waals surface area contributed by atoms with E-state index in [9.17, 15) is 4.79 Å². The van der Waals surface area contributed by atoms with Crippen LogP contribution in [0.3, 0.4) is 0 Å². The van der Waals surface area contributed by atoms with Gasteiger partial charge >= 0.3 is 6.03 Å². The van der Waals surface area contributed by atoms with Gasteiger partial charge < -0.3 is 21.3 Å². The summed E-state index contributed by atoms with van der Waals surface area (Å²) in [7, 11) is 0. The zero-order chi connectivity index (χ0) is 16.9. The second-order valence-corrected chi connectivity index (χ2v) is 6.01. The maximum atomic E-state index is 12.0. The van der Waals surface area contributed by atoms with Crippen LogP contribution in [0.4, 0.5) is 22.2 Å². The fourth-order valence-electron chi connectivity index (χ4n) is 2.54. The maximum Gasteiger partial charge on any atom is 0.317 e. The van der Waals surface area contributed by atoms with Crippen molar-refractivity contribution in [1.82, 2.24) is 20.2 Å². The molecule has 1 aromatic carbocycles. The molecule has 2 amide bonds. The minimum Gasteiger partial charge on any atom is -0.382 e. The largest absolute Gasteiger partial charge is 0.382 e. The molecule has 0 aliphatic carbocycles. The van der Waals surface area contributed by atoms with E-state index in [0.717, 1.165) is 37.2 Å². The number of halogens is 1. The van der Waals surface area contributed by atoms with E-state index in [-0.39, 0.29) is 11.8 Å². The van der Waals surface area contributed by atoms with Gasteiger partial charge in [0, 0.05) is 25.3 Å². The van der Waals surface area contributed by atoms with Crippen molar-refractivity contribution in [3.05, 3.63) is 41.0 Å². The highest BCUT2D eigenvalue weighted by Crippen LogP contribution is 2.19. The third-order valence-electron chi connectivity index (χ3n) is 3.79. The average Bonchev–Trinajstić information content (AvgIpc) is 3.11. The van der Waals surface area contributed by atoms with E-state index in [4.69, 9.17) is 17.3 Å². The summed E-state index contributed by atoms with van der Waals surface area (Å²) in [5.41, 5.74) is 7.46. The van der Waals surface area contributed by atoms with Crippen LogP contribution >= 0.6 is 11.6 Å². The van der Waals surface area contributed by atoms with E-state index in [1.807, 2.05) is 29.2 Å². The van der Waals surface area contributed by atoms with E-state index in [1.54, 1.807) is 0 Å². The van der Waals surface area contributed by atoms with Crippen LogP contribution < -0.4 is 16.4 Å². The minimum atomic E-state index is -0.0142. The van der Waals surface area contributed by atoms with Gasteiger partial charge in [-0.1, -0.05) is 23.7 Å². The van der Waals surface area contributed by atoms with Gasteiger partial charge in [0.15, 0.2) is 0 Å². The summed E-state index contributed by atoms with van der Waals surface area (Å²) in [6, 6.07) is 7.66. The molecule has 2 heterocycles. The molecule has 1 saturated heterocycles. The number of nitrogens with zero attached hydrogens (tertiary/aromatic N) is 3. The number of carbonyl (C=O) groups excluding carboxylic acids is 1. The van der Waals surface area contributed by atoms with Crippen LogP contribution in [0.5, 0.6) is 0 Å². The van der Waals surface area contributed by atoms with E-state index in [2.05, 4.69) is 20.6 Å². The zero-order valence-electron chi connectivity index (χ0n) is 13.1. The molecule has 0 bridgehead atoms. The fourth-order valence-corrected chi connectivity index (χ4v) is 2.63. The second kappa shape index (κ2) is 7.35. The predicted molar refractivity (Wildman–Crippen MR) is 94.2 cm³/mol. The average molecular weight is 347 g/mol. The molecule has 0 unspecified atom stereocenters. The zero-order valence-corrected chi connectivity index (χ0v) is 13.9. The Labute approximate surface area is 145 Å². The third kappa shape index (κ3) is 4.05. The molecule has 1 fully saturated rings. The van der Waals surface area contributed by atoms with Crippen LogP contribution in [0.1, 0.15) is 18.4 Å². The van der Waals surface area contributed by atoms with E-state index >= 15 is 0 Å². The number of nitrogens with two attached hydrogens (primary N) is 1. The molecule has 1 aliphatic rings. The molecule has 0 spiro atoms. The number of hydrogen-bond acceptors (Lipinski definition) is 5. The van der Waals surface area contributed by atoms with Crippen molar-refractivity contribution in [2.45, 2.75) is 19.4 Å². The number of amides is 2. The first kappa shape index (κ1) is 16.3. The lowest BCUT2D eigenvalue weighted by atomic mass is 10.2. The first-order valence-electron chi connectivity index (χ1n) is 7.78. The minimum absolute atomic E-state index is 0.0142. The van der Waals surface area contributed by atoms with Crippen molar-refractivity contribution in [3.8, 4) is 0 Å². The van der Waals surface area contributed by atoms with Gasteiger partial charge in [-0.15, -0.1) is 0 Å². The first-order valence-corrected chi connectivity index (χ1v) is 8.16. The molecule has 0 saturated carbocycles. The van der Waals surface area contributed by atoms with Gasteiger partial charge in [0.2, 0.25) is 5.95 Å². The Kier molecular flexibility index (Phi) is 5.00. The number of carbonyl (C=O) groups is 1. The number of likely N-dealkylation sites (tertiary alicyclic amines) is 1. The summed E-state index contributed by atoms with van der Waals surface area (Å²) in [5.74, 6) is 0.596. The van der Waals surface area contributed by atoms with Crippen LogP contribution in [-0.4, -0.2) is 34.0 Å². The molecule has 1 aromatic heterocycles. The van der Waals surface area contributed by atoms with E-state index in [0.29, 0.717) is 17.5 Å². The van der Waals surface area contributed by atoms with Crippen molar-refractivity contribution in [2.24, 2.45) is 0 Å². The Bertz CT molecular complexity index is 732. The lowest BCUT2D eigenvalue weighted by molar-refractivity contribution is 0.208. The number of nitrogens with one attached hydrogen (secondary N) is 2. The molecule has 24 heavy (non-hydrogen) atoms. The molecule has 0 radical (unpaired) electrons. The Balaban J connectivity index is 1.61. The predicted octanol–water partition coefficient (Wildman–Crippen LogP) is 2.76. The number of anilines is 3. The molecule has 8 heteroatoms. The number of hydrogen-bond donors (Lipinski definition) is 3. The smallest absolute Gasteiger partial charge is 0.317 e. The van der Waals surface area contributed by atoms with Crippen LogP contribution in [0.15, 0.2) is 30.5 Å².